The molecule has 0 bridgehead atoms. The molecule has 0 heteroatoms. The van der Waals surface area contributed by atoms with Gasteiger partial charge in [-0.05, 0) is 43.9 Å². The number of hydrogen-bond acceptors (Lipinski definition) is 0. The smallest absolute Gasteiger partial charge is 0.0203 e. The fourth-order valence-electron chi connectivity index (χ4n) is 3.79. The zero-order valence-corrected chi connectivity index (χ0v) is 11.7. The Morgan fingerprint density at radius 3 is 2.06 bits per heavy atom. The van der Waals surface area contributed by atoms with Gasteiger partial charge in [-0.2, -0.15) is 0 Å². The Hall–Kier alpha value is -0.260. The summed E-state index contributed by atoms with van der Waals surface area (Å²) in [4.78, 5) is 0. The Labute approximate surface area is 108 Å². The Bertz CT molecular complexity index is 226. The quantitative estimate of drug-likeness (QED) is 0.533. The molecule has 0 saturated heterocycles. The second kappa shape index (κ2) is 7.24. The molecule has 0 N–H and O–H groups in total. The summed E-state index contributed by atoms with van der Waals surface area (Å²) < 4.78 is 0. The van der Waals surface area contributed by atoms with Gasteiger partial charge < -0.3 is 0 Å². The minimum Gasteiger partial charge on any atom is -0.0819 e. The molecule has 0 aliphatic heterocycles. The van der Waals surface area contributed by atoms with Gasteiger partial charge in [0.15, 0.2) is 0 Å². The van der Waals surface area contributed by atoms with Crippen LogP contribution in [0.2, 0.25) is 0 Å². The van der Waals surface area contributed by atoms with Crippen LogP contribution >= 0.6 is 0 Å². The van der Waals surface area contributed by atoms with E-state index in [-0.39, 0.29) is 0 Å². The van der Waals surface area contributed by atoms with E-state index in [0.29, 0.717) is 0 Å². The molecule has 2 fully saturated rings. The van der Waals surface area contributed by atoms with E-state index < -0.39 is 0 Å². The highest BCUT2D eigenvalue weighted by molar-refractivity contribution is 5.10. The normalized spacial score (nSPS) is 25.1. The van der Waals surface area contributed by atoms with E-state index in [4.69, 9.17) is 0 Å². The zero-order chi connectivity index (χ0) is 11.9. The summed E-state index contributed by atoms with van der Waals surface area (Å²) in [6, 6.07) is 0. The van der Waals surface area contributed by atoms with Crippen molar-refractivity contribution in [3.05, 3.63) is 11.6 Å². The third kappa shape index (κ3) is 4.16. The van der Waals surface area contributed by atoms with E-state index in [1.54, 1.807) is 0 Å². The van der Waals surface area contributed by atoms with Gasteiger partial charge in [0.05, 0.1) is 0 Å². The van der Waals surface area contributed by atoms with Crippen LogP contribution in [0.5, 0.6) is 0 Å². The van der Waals surface area contributed by atoms with Crippen molar-refractivity contribution in [2.45, 2.75) is 84.0 Å². The van der Waals surface area contributed by atoms with Crippen molar-refractivity contribution >= 4 is 0 Å². The molecule has 2 rings (SSSR count). The van der Waals surface area contributed by atoms with E-state index in [9.17, 15) is 0 Å². The van der Waals surface area contributed by atoms with Crippen LogP contribution in [0.25, 0.3) is 0 Å². The topological polar surface area (TPSA) is 0 Å². The average molecular weight is 234 g/mol. The Morgan fingerprint density at radius 1 is 0.882 bits per heavy atom. The lowest BCUT2D eigenvalue weighted by atomic mass is 9.79. The van der Waals surface area contributed by atoms with Crippen LogP contribution in [0.4, 0.5) is 0 Å². The summed E-state index contributed by atoms with van der Waals surface area (Å²) in [6.45, 7) is 2.34. The first-order valence-electron chi connectivity index (χ1n) is 8.10. The summed E-state index contributed by atoms with van der Waals surface area (Å²) in [7, 11) is 0. The van der Waals surface area contributed by atoms with Crippen molar-refractivity contribution in [2.75, 3.05) is 0 Å². The predicted molar refractivity (Wildman–Crippen MR) is 76.1 cm³/mol. The van der Waals surface area contributed by atoms with Crippen LogP contribution in [-0.2, 0) is 0 Å². The zero-order valence-electron chi connectivity index (χ0n) is 11.7. The minimum absolute atomic E-state index is 0.937. The van der Waals surface area contributed by atoms with E-state index in [0.717, 1.165) is 11.8 Å². The maximum Gasteiger partial charge on any atom is -0.0203 e. The van der Waals surface area contributed by atoms with E-state index in [2.05, 4.69) is 13.0 Å². The first-order valence-corrected chi connectivity index (χ1v) is 8.10. The maximum atomic E-state index is 2.72. The standard InChI is InChI=1S/C17H30/c1-2-9-17(16-12-7-4-8-13-16)14-15-10-5-3-6-11-15/h14-16H,2-13H2,1H3. The van der Waals surface area contributed by atoms with E-state index in [1.807, 2.05) is 5.57 Å². The minimum atomic E-state index is 0.937. The van der Waals surface area contributed by atoms with Crippen LogP contribution in [0, 0.1) is 11.8 Å². The highest BCUT2D eigenvalue weighted by atomic mass is 14.2. The highest BCUT2D eigenvalue weighted by Crippen LogP contribution is 2.35. The lowest BCUT2D eigenvalue weighted by Gasteiger charge is -2.27. The number of rotatable bonds is 4. The summed E-state index contributed by atoms with van der Waals surface area (Å²) in [5, 5.41) is 0. The van der Waals surface area contributed by atoms with Crippen LogP contribution in [-0.4, -0.2) is 0 Å². The SMILES string of the molecule is CCCC(=CC1CCCCC1)C1CCCCC1. The highest BCUT2D eigenvalue weighted by Gasteiger charge is 2.19. The Morgan fingerprint density at radius 2 is 1.47 bits per heavy atom. The van der Waals surface area contributed by atoms with Crippen molar-refractivity contribution in [1.82, 2.24) is 0 Å². The fraction of sp³-hybridized carbons (Fsp3) is 0.882. The van der Waals surface area contributed by atoms with Crippen molar-refractivity contribution in [1.29, 1.82) is 0 Å². The van der Waals surface area contributed by atoms with E-state index >= 15 is 0 Å². The van der Waals surface area contributed by atoms with Crippen molar-refractivity contribution in [2.24, 2.45) is 11.8 Å². The molecule has 2 aliphatic carbocycles. The van der Waals surface area contributed by atoms with Crippen LogP contribution in [0.3, 0.4) is 0 Å². The summed E-state index contributed by atoms with van der Waals surface area (Å²) >= 11 is 0. The van der Waals surface area contributed by atoms with Gasteiger partial charge in [0.25, 0.3) is 0 Å². The predicted octanol–water partition coefficient (Wildman–Crippen LogP) is 5.87. The lowest BCUT2D eigenvalue weighted by molar-refractivity contribution is 0.379. The third-order valence-corrected chi connectivity index (χ3v) is 4.77. The average Bonchev–Trinajstić information content (AvgIpc) is 2.40. The van der Waals surface area contributed by atoms with E-state index in [1.165, 1.54) is 77.0 Å². The van der Waals surface area contributed by atoms with Gasteiger partial charge in [0.1, 0.15) is 0 Å². The molecule has 17 heavy (non-hydrogen) atoms. The van der Waals surface area contributed by atoms with Gasteiger partial charge in [0.2, 0.25) is 0 Å². The van der Waals surface area contributed by atoms with Gasteiger partial charge in [-0.3, -0.25) is 0 Å². The monoisotopic (exact) mass is 234 g/mol. The summed E-state index contributed by atoms with van der Waals surface area (Å²) in [5.41, 5.74) is 1.85. The molecule has 0 heterocycles. The molecule has 2 saturated carbocycles. The molecule has 0 aromatic rings. The molecule has 0 aromatic heterocycles. The molecule has 0 atom stereocenters. The first-order chi connectivity index (χ1) is 8.40. The molecule has 0 aromatic carbocycles. The molecule has 98 valence electrons. The van der Waals surface area contributed by atoms with Gasteiger partial charge in [0, 0.05) is 0 Å². The van der Waals surface area contributed by atoms with Gasteiger partial charge >= 0.3 is 0 Å². The molecular weight excluding hydrogens is 204 g/mol. The third-order valence-electron chi connectivity index (χ3n) is 4.77. The Kier molecular flexibility index (Phi) is 5.61. The first kappa shape index (κ1) is 13.2. The second-order valence-corrected chi connectivity index (χ2v) is 6.22. The van der Waals surface area contributed by atoms with Crippen LogP contribution in [0.1, 0.15) is 84.0 Å². The summed E-state index contributed by atoms with van der Waals surface area (Å²) in [5.74, 6) is 1.90. The Balaban J connectivity index is 1.95. The summed E-state index contributed by atoms with van der Waals surface area (Å²) in [6.07, 6.45) is 20.2. The molecule has 0 radical (unpaired) electrons. The van der Waals surface area contributed by atoms with Crippen molar-refractivity contribution < 1.29 is 0 Å². The van der Waals surface area contributed by atoms with Gasteiger partial charge in [-0.25, -0.2) is 0 Å². The van der Waals surface area contributed by atoms with Crippen molar-refractivity contribution in [3.8, 4) is 0 Å². The van der Waals surface area contributed by atoms with Crippen molar-refractivity contribution in [3.63, 3.8) is 0 Å². The largest absolute Gasteiger partial charge is 0.0819 e. The molecule has 0 nitrogen and oxygen atoms in total. The fourth-order valence-corrected chi connectivity index (χ4v) is 3.79. The lowest BCUT2D eigenvalue weighted by Crippen LogP contribution is -2.12. The molecular formula is C17H30. The molecule has 0 spiro atoms. The molecule has 0 amide bonds. The van der Waals surface area contributed by atoms with Gasteiger partial charge in [-0.15, -0.1) is 0 Å². The maximum absolute atomic E-state index is 2.72. The molecule has 2 aliphatic rings. The number of hydrogen-bond donors (Lipinski definition) is 0. The second-order valence-electron chi connectivity index (χ2n) is 6.22. The van der Waals surface area contributed by atoms with Gasteiger partial charge in [-0.1, -0.05) is 63.5 Å². The van der Waals surface area contributed by atoms with Crippen LogP contribution in [0.15, 0.2) is 11.6 Å². The van der Waals surface area contributed by atoms with Crippen LogP contribution < -0.4 is 0 Å². The molecule has 0 unspecified atom stereocenters. The number of allylic oxidation sites excluding steroid dienone is 2.